The second-order valence-corrected chi connectivity index (χ2v) is 8.34. The van der Waals surface area contributed by atoms with Crippen molar-refractivity contribution in [2.24, 2.45) is 0 Å². The van der Waals surface area contributed by atoms with E-state index in [1.165, 1.54) is 32.0 Å². The summed E-state index contributed by atoms with van der Waals surface area (Å²) < 4.78 is 90.2. The largest absolute Gasteiger partial charge is 0.486 e. The topological polar surface area (TPSA) is 9.23 Å². The fourth-order valence-electron chi connectivity index (χ4n) is 3.80. The summed E-state index contributed by atoms with van der Waals surface area (Å²) in [7, 11) is 0. The van der Waals surface area contributed by atoms with Crippen molar-refractivity contribution in [3.8, 4) is 5.75 Å². The molecule has 1 atom stereocenters. The standard InChI is InChI=1S/C27H24F6O/c1-14(2)22(28)24(30)16(4)13-34-21-12-11-20(26(32)27(21)33)18-8-6-17(7-9-18)19-10-5-15(3)23(29)25(19)31/h5,8,10-12,17H,1,4,6-7,9,13H2,2-3H3/b24-22-. The van der Waals surface area contributed by atoms with Crippen LogP contribution in [-0.2, 0) is 0 Å². The molecule has 0 spiro atoms. The number of halogens is 6. The van der Waals surface area contributed by atoms with Crippen LogP contribution in [0.25, 0.3) is 5.57 Å². The van der Waals surface area contributed by atoms with E-state index in [1.807, 2.05) is 0 Å². The number of rotatable bonds is 7. The first-order chi connectivity index (χ1) is 16.0. The van der Waals surface area contributed by atoms with Gasteiger partial charge in [-0.2, -0.15) is 4.39 Å². The lowest BCUT2D eigenvalue weighted by atomic mass is 9.82. The van der Waals surface area contributed by atoms with Gasteiger partial charge in [0.25, 0.3) is 0 Å². The summed E-state index contributed by atoms with van der Waals surface area (Å²) >= 11 is 0. The van der Waals surface area contributed by atoms with Gasteiger partial charge in [-0.1, -0.05) is 31.4 Å². The number of ether oxygens (including phenoxy) is 1. The Bertz CT molecular complexity index is 1210. The Hall–Kier alpha value is -3.22. The maximum Gasteiger partial charge on any atom is 0.201 e. The van der Waals surface area contributed by atoms with E-state index in [1.54, 1.807) is 12.1 Å². The molecule has 0 N–H and O–H groups in total. The fraction of sp³-hybridized carbons (Fsp3) is 0.259. The lowest BCUT2D eigenvalue weighted by Gasteiger charge is -2.24. The van der Waals surface area contributed by atoms with E-state index < -0.39 is 47.3 Å². The van der Waals surface area contributed by atoms with Gasteiger partial charge in [0.2, 0.25) is 5.82 Å². The van der Waals surface area contributed by atoms with Gasteiger partial charge in [0.1, 0.15) is 6.61 Å². The van der Waals surface area contributed by atoms with Gasteiger partial charge < -0.3 is 4.74 Å². The van der Waals surface area contributed by atoms with Crippen LogP contribution in [0.15, 0.2) is 66.3 Å². The minimum Gasteiger partial charge on any atom is -0.486 e. The zero-order valence-electron chi connectivity index (χ0n) is 18.9. The molecule has 0 aromatic heterocycles. The van der Waals surface area contributed by atoms with Gasteiger partial charge >= 0.3 is 0 Å². The Labute approximate surface area is 194 Å². The van der Waals surface area contributed by atoms with Crippen LogP contribution in [0.5, 0.6) is 5.75 Å². The van der Waals surface area contributed by atoms with E-state index in [9.17, 15) is 26.3 Å². The van der Waals surface area contributed by atoms with Gasteiger partial charge in [0.05, 0.1) is 0 Å². The highest BCUT2D eigenvalue weighted by Gasteiger charge is 2.25. The molecular formula is C27H24F6O. The number of hydrogen-bond acceptors (Lipinski definition) is 1. The summed E-state index contributed by atoms with van der Waals surface area (Å²) in [5, 5.41) is 0. The van der Waals surface area contributed by atoms with Crippen molar-refractivity contribution in [3.63, 3.8) is 0 Å². The molecule has 0 fully saturated rings. The third kappa shape index (κ3) is 5.13. The molecule has 1 aliphatic rings. The summed E-state index contributed by atoms with van der Waals surface area (Å²) in [5.41, 5.74) is 0.518. The van der Waals surface area contributed by atoms with Gasteiger partial charge in [0, 0.05) is 11.1 Å². The number of hydrogen-bond donors (Lipinski definition) is 0. The van der Waals surface area contributed by atoms with E-state index >= 15 is 0 Å². The lowest BCUT2D eigenvalue weighted by Crippen LogP contribution is -2.09. The van der Waals surface area contributed by atoms with Crippen LogP contribution < -0.4 is 4.74 Å². The van der Waals surface area contributed by atoms with E-state index in [2.05, 4.69) is 13.2 Å². The summed E-state index contributed by atoms with van der Waals surface area (Å²) in [5.74, 6) is -7.38. The molecule has 2 aromatic rings. The summed E-state index contributed by atoms with van der Waals surface area (Å²) in [6.45, 7) is 8.80. The summed E-state index contributed by atoms with van der Waals surface area (Å²) in [6, 6.07) is 5.59. The van der Waals surface area contributed by atoms with Crippen molar-refractivity contribution in [1.82, 2.24) is 0 Å². The molecule has 0 radical (unpaired) electrons. The van der Waals surface area contributed by atoms with Crippen LogP contribution >= 0.6 is 0 Å². The Morgan fingerprint density at radius 1 is 0.941 bits per heavy atom. The maximum absolute atomic E-state index is 14.8. The van der Waals surface area contributed by atoms with Crippen LogP contribution in [0.2, 0.25) is 0 Å². The molecule has 3 rings (SSSR count). The third-order valence-corrected chi connectivity index (χ3v) is 5.83. The van der Waals surface area contributed by atoms with Gasteiger partial charge in [-0.25, -0.2) is 22.0 Å². The molecule has 0 saturated heterocycles. The first kappa shape index (κ1) is 25.4. The lowest BCUT2D eigenvalue weighted by molar-refractivity contribution is 0.320. The molecule has 34 heavy (non-hydrogen) atoms. The van der Waals surface area contributed by atoms with Gasteiger partial charge in [-0.15, -0.1) is 0 Å². The molecule has 7 heteroatoms. The highest BCUT2D eigenvalue weighted by Crippen LogP contribution is 2.39. The number of aryl methyl sites for hydroxylation is 1. The van der Waals surface area contributed by atoms with E-state index in [4.69, 9.17) is 4.74 Å². The Kier molecular flexibility index (Phi) is 7.75. The number of allylic oxidation sites excluding steroid dienone is 4. The molecule has 2 aromatic carbocycles. The molecule has 0 aliphatic heterocycles. The van der Waals surface area contributed by atoms with Crippen LogP contribution in [0.1, 0.15) is 48.8 Å². The molecule has 180 valence electrons. The van der Waals surface area contributed by atoms with Crippen molar-refractivity contribution < 1.29 is 31.1 Å². The smallest absolute Gasteiger partial charge is 0.201 e. The predicted molar refractivity (Wildman–Crippen MR) is 121 cm³/mol. The van der Waals surface area contributed by atoms with Gasteiger partial charge in [0.15, 0.2) is 34.9 Å². The molecule has 1 unspecified atom stereocenters. The quantitative estimate of drug-likeness (QED) is 0.286. The zero-order valence-corrected chi connectivity index (χ0v) is 18.9. The van der Waals surface area contributed by atoms with Crippen molar-refractivity contribution in [3.05, 3.63) is 106 Å². The average Bonchev–Trinajstić information content (AvgIpc) is 2.82. The molecule has 0 bridgehead atoms. The third-order valence-electron chi connectivity index (χ3n) is 5.83. The molecule has 0 heterocycles. The van der Waals surface area contributed by atoms with Crippen LogP contribution in [0.3, 0.4) is 0 Å². The van der Waals surface area contributed by atoms with Crippen molar-refractivity contribution in [2.75, 3.05) is 6.61 Å². The maximum atomic E-state index is 14.8. The van der Waals surface area contributed by atoms with Gasteiger partial charge in [-0.3, -0.25) is 0 Å². The molecule has 1 nitrogen and oxygen atoms in total. The van der Waals surface area contributed by atoms with E-state index in [0.29, 0.717) is 24.8 Å². The van der Waals surface area contributed by atoms with E-state index in [-0.39, 0.29) is 33.8 Å². The highest BCUT2D eigenvalue weighted by atomic mass is 19.2. The SMILES string of the molecule is C=C(C)/C(F)=C(/F)C(=C)COc1ccc(C2=CCC(c3ccc(C)c(F)c3F)CC2)c(F)c1F. The molecule has 1 aliphatic carbocycles. The molecular weight excluding hydrogens is 454 g/mol. The first-order valence-electron chi connectivity index (χ1n) is 10.7. The molecule has 0 amide bonds. The van der Waals surface area contributed by atoms with Crippen molar-refractivity contribution in [1.29, 1.82) is 0 Å². The van der Waals surface area contributed by atoms with E-state index in [0.717, 1.165) is 0 Å². The first-order valence-corrected chi connectivity index (χ1v) is 10.7. The normalized spacial score (nSPS) is 16.6. The van der Waals surface area contributed by atoms with Crippen LogP contribution in [0.4, 0.5) is 26.3 Å². The summed E-state index contributed by atoms with van der Waals surface area (Å²) in [6.07, 6.45) is 2.80. The highest BCUT2D eigenvalue weighted by molar-refractivity contribution is 5.68. The minimum absolute atomic E-state index is 0.0251. The monoisotopic (exact) mass is 478 g/mol. The second-order valence-electron chi connectivity index (χ2n) is 8.34. The van der Waals surface area contributed by atoms with Gasteiger partial charge in [-0.05, 0) is 73.4 Å². The average molecular weight is 478 g/mol. The Morgan fingerprint density at radius 3 is 2.26 bits per heavy atom. The van der Waals surface area contributed by atoms with Crippen LogP contribution in [0, 0.1) is 30.2 Å². The Balaban J connectivity index is 1.74. The second kappa shape index (κ2) is 10.4. The summed E-state index contributed by atoms with van der Waals surface area (Å²) in [4.78, 5) is 0. The van der Waals surface area contributed by atoms with Crippen molar-refractivity contribution in [2.45, 2.75) is 39.0 Å². The minimum atomic E-state index is -1.27. The predicted octanol–water partition coefficient (Wildman–Crippen LogP) is 8.56. The van der Waals surface area contributed by atoms with Crippen LogP contribution in [-0.4, -0.2) is 6.61 Å². The fourth-order valence-corrected chi connectivity index (χ4v) is 3.80. The Morgan fingerprint density at radius 2 is 1.65 bits per heavy atom. The zero-order chi connectivity index (χ0) is 25.2. The van der Waals surface area contributed by atoms with Crippen molar-refractivity contribution >= 4 is 5.57 Å². The number of benzene rings is 2. The molecule has 0 saturated carbocycles.